The summed E-state index contributed by atoms with van der Waals surface area (Å²) in [6.45, 7) is 5.47. The van der Waals surface area contributed by atoms with Crippen LogP contribution in [0.2, 0.25) is 0 Å². The van der Waals surface area contributed by atoms with Crippen molar-refractivity contribution >= 4 is 0 Å². The van der Waals surface area contributed by atoms with Crippen LogP contribution < -0.4 is 10.1 Å². The van der Waals surface area contributed by atoms with Gasteiger partial charge in [-0.2, -0.15) is 0 Å². The molecule has 1 aliphatic rings. The van der Waals surface area contributed by atoms with E-state index < -0.39 is 0 Å². The van der Waals surface area contributed by atoms with Gasteiger partial charge in [0.1, 0.15) is 5.69 Å². The van der Waals surface area contributed by atoms with E-state index in [4.69, 9.17) is 4.74 Å². The van der Waals surface area contributed by atoms with E-state index in [0.29, 0.717) is 11.8 Å². The van der Waals surface area contributed by atoms with E-state index in [0.717, 1.165) is 18.7 Å². The monoisotopic (exact) mass is 221 g/mol. The maximum Gasteiger partial charge on any atom is 0.237 e. The predicted molar refractivity (Wildman–Crippen MR) is 62.3 cm³/mol. The molecule has 88 valence electrons. The summed E-state index contributed by atoms with van der Waals surface area (Å²) in [4.78, 5) is 8.72. The molecule has 1 saturated heterocycles. The van der Waals surface area contributed by atoms with E-state index in [1.54, 1.807) is 19.5 Å². The quantitative estimate of drug-likeness (QED) is 0.844. The Bertz CT molecular complexity index is 359. The third kappa shape index (κ3) is 1.67. The van der Waals surface area contributed by atoms with Gasteiger partial charge in [-0.25, -0.2) is 4.98 Å². The van der Waals surface area contributed by atoms with Crippen LogP contribution in [-0.2, 0) is 5.54 Å². The fraction of sp³-hybridized carbons (Fsp3) is 0.667. The normalized spacial score (nSPS) is 25.0. The molecule has 0 saturated carbocycles. The van der Waals surface area contributed by atoms with Crippen molar-refractivity contribution in [2.24, 2.45) is 5.92 Å². The van der Waals surface area contributed by atoms with Crippen LogP contribution in [0.15, 0.2) is 12.4 Å². The van der Waals surface area contributed by atoms with Crippen molar-refractivity contribution in [3.63, 3.8) is 0 Å². The minimum absolute atomic E-state index is 0.0698. The number of rotatable bonds is 3. The largest absolute Gasteiger partial charge is 0.480 e. The van der Waals surface area contributed by atoms with Crippen LogP contribution in [-0.4, -0.2) is 23.6 Å². The Labute approximate surface area is 96.4 Å². The van der Waals surface area contributed by atoms with E-state index in [2.05, 4.69) is 29.1 Å². The topological polar surface area (TPSA) is 47.0 Å². The number of nitrogens with one attached hydrogen (secondary N) is 1. The van der Waals surface area contributed by atoms with E-state index in [1.807, 2.05) is 0 Å². The van der Waals surface area contributed by atoms with Crippen LogP contribution in [0.25, 0.3) is 0 Å². The van der Waals surface area contributed by atoms with Gasteiger partial charge in [-0.05, 0) is 25.3 Å². The lowest BCUT2D eigenvalue weighted by molar-refractivity contribution is 0.253. The van der Waals surface area contributed by atoms with Crippen LogP contribution in [0.4, 0.5) is 0 Å². The lowest BCUT2D eigenvalue weighted by Crippen LogP contribution is -2.43. The SMILES string of the molecule is COc1nccnc1C1(C(C)C)CCCN1. The lowest BCUT2D eigenvalue weighted by atomic mass is 9.82. The molecule has 1 fully saturated rings. The smallest absolute Gasteiger partial charge is 0.237 e. The van der Waals surface area contributed by atoms with Gasteiger partial charge in [-0.1, -0.05) is 13.8 Å². The molecule has 1 aromatic rings. The van der Waals surface area contributed by atoms with Crippen LogP contribution in [0.3, 0.4) is 0 Å². The van der Waals surface area contributed by atoms with Crippen molar-refractivity contribution < 1.29 is 4.74 Å². The number of methoxy groups -OCH3 is 1. The standard InChI is InChI=1S/C12H19N3O/c1-9(2)12(5-4-6-15-12)10-11(16-3)14-8-7-13-10/h7-9,15H,4-6H2,1-3H3. The van der Waals surface area contributed by atoms with E-state index in [9.17, 15) is 0 Å². The first kappa shape index (κ1) is 11.3. The molecule has 1 aromatic heterocycles. The highest BCUT2D eigenvalue weighted by atomic mass is 16.5. The second kappa shape index (κ2) is 4.37. The Morgan fingerprint density at radius 2 is 2.12 bits per heavy atom. The van der Waals surface area contributed by atoms with Gasteiger partial charge in [-0.3, -0.25) is 4.98 Å². The van der Waals surface area contributed by atoms with Crippen molar-refractivity contribution in [1.29, 1.82) is 0 Å². The fourth-order valence-electron chi connectivity index (χ4n) is 2.52. The van der Waals surface area contributed by atoms with Crippen LogP contribution in [0.5, 0.6) is 5.88 Å². The molecular formula is C12H19N3O. The van der Waals surface area contributed by atoms with Crippen molar-refractivity contribution in [2.75, 3.05) is 13.7 Å². The Morgan fingerprint density at radius 1 is 1.38 bits per heavy atom. The zero-order valence-corrected chi connectivity index (χ0v) is 10.2. The first-order valence-electron chi connectivity index (χ1n) is 5.81. The molecule has 1 N–H and O–H groups in total. The number of nitrogens with zero attached hydrogens (tertiary/aromatic N) is 2. The van der Waals surface area contributed by atoms with Crippen molar-refractivity contribution in [3.05, 3.63) is 18.1 Å². The summed E-state index contributed by atoms with van der Waals surface area (Å²) >= 11 is 0. The average Bonchev–Trinajstić information content (AvgIpc) is 2.79. The summed E-state index contributed by atoms with van der Waals surface area (Å²) in [7, 11) is 1.65. The molecule has 4 heteroatoms. The van der Waals surface area contributed by atoms with Crippen molar-refractivity contribution in [2.45, 2.75) is 32.2 Å². The Balaban J connectivity index is 2.46. The highest BCUT2D eigenvalue weighted by Gasteiger charge is 2.42. The second-order valence-corrected chi connectivity index (χ2v) is 4.57. The van der Waals surface area contributed by atoms with Crippen LogP contribution in [0, 0.1) is 5.92 Å². The molecular weight excluding hydrogens is 202 g/mol. The Hall–Kier alpha value is -1.16. The van der Waals surface area contributed by atoms with Gasteiger partial charge in [0, 0.05) is 12.4 Å². The molecule has 2 heterocycles. The molecule has 1 atom stereocenters. The molecule has 2 rings (SSSR count). The Morgan fingerprint density at radius 3 is 2.69 bits per heavy atom. The maximum atomic E-state index is 5.32. The van der Waals surface area contributed by atoms with Gasteiger partial charge in [0.15, 0.2) is 0 Å². The zero-order chi connectivity index (χ0) is 11.6. The summed E-state index contributed by atoms with van der Waals surface area (Å²) in [5, 5.41) is 3.58. The summed E-state index contributed by atoms with van der Waals surface area (Å²) in [5.74, 6) is 1.12. The molecule has 0 amide bonds. The lowest BCUT2D eigenvalue weighted by Gasteiger charge is -2.33. The maximum absolute atomic E-state index is 5.32. The first-order chi connectivity index (χ1) is 7.70. The van der Waals surface area contributed by atoms with Gasteiger partial charge in [0.2, 0.25) is 5.88 Å². The molecule has 1 unspecified atom stereocenters. The van der Waals surface area contributed by atoms with E-state index >= 15 is 0 Å². The van der Waals surface area contributed by atoms with Gasteiger partial charge in [0.25, 0.3) is 0 Å². The molecule has 0 aliphatic carbocycles. The first-order valence-corrected chi connectivity index (χ1v) is 5.81. The molecule has 4 nitrogen and oxygen atoms in total. The summed E-state index contributed by atoms with van der Waals surface area (Å²) < 4.78 is 5.32. The average molecular weight is 221 g/mol. The van der Waals surface area contributed by atoms with Gasteiger partial charge >= 0.3 is 0 Å². The second-order valence-electron chi connectivity index (χ2n) is 4.57. The molecule has 1 aliphatic heterocycles. The molecule has 0 spiro atoms. The Kier molecular flexibility index (Phi) is 3.10. The van der Waals surface area contributed by atoms with Gasteiger partial charge in [0.05, 0.1) is 12.6 Å². The molecule has 16 heavy (non-hydrogen) atoms. The van der Waals surface area contributed by atoms with Crippen molar-refractivity contribution in [1.82, 2.24) is 15.3 Å². The third-order valence-electron chi connectivity index (χ3n) is 3.45. The fourth-order valence-corrected chi connectivity index (χ4v) is 2.52. The van der Waals surface area contributed by atoms with E-state index in [1.165, 1.54) is 6.42 Å². The summed E-state index contributed by atoms with van der Waals surface area (Å²) in [6.07, 6.45) is 5.69. The highest BCUT2D eigenvalue weighted by Crippen LogP contribution is 2.39. The predicted octanol–water partition coefficient (Wildman–Crippen LogP) is 1.72. The zero-order valence-electron chi connectivity index (χ0n) is 10.2. The minimum Gasteiger partial charge on any atom is -0.480 e. The van der Waals surface area contributed by atoms with Gasteiger partial charge < -0.3 is 10.1 Å². The molecule has 0 bridgehead atoms. The molecule has 0 radical (unpaired) electrons. The minimum atomic E-state index is -0.0698. The number of aromatic nitrogens is 2. The summed E-state index contributed by atoms with van der Waals surface area (Å²) in [5.41, 5.74) is 0.879. The number of ether oxygens (including phenoxy) is 1. The number of hydrogen-bond donors (Lipinski definition) is 1. The van der Waals surface area contributed by atoms with E-state index in [-0.39, 0.29) is 5.54 Å². The van der Waals surface area contributed by atoms with Crippen molar-refractivity contribution in [3.8, 4) is 5.88 Å². The van der Waals surface area contributed by atoms with Crippen LogP contribution in [0.1, 0.15) is 32.4 Å². The number of hydrogen-bond acceptors (Lipinski definition) is 4. The van der Waals surface area contributed by atoms with Crippen LogP contribution >= 0.6 is 0 Å². The summed E-state index contributed by atoms with van der Waals surface area (Å²) in [6, 6.07) is 0. The molecule has 0 aromatic carbocycles. The third-order valence-corrected chi connectivity index (χ3v) is 3.45. The van der Waals surface area contributed by atoms with Gasteiger partial charge in [-0.15, -0.1) is 0 Å². The highest BCUT2D eigenvalue weighted by molar-refractivity contribution is 5.28.